The maximum absolute atomic E-state index is 13.9. The normalized spacial score (nSPS) is 10.8. The predicted molar refractivity (Wildman–Crippen MR) is 64.0 cm³/mol. The van der Waals surface area contributed by atoms with Gasteiger partial charge in [0.15, 0.2) is 0 Å². The molecule has 0 heterocycles. The molecule has 0 amide bonds. The second-order valence-electron chi connectivity index (χ2n) is 3.65. The Morgan fingerprint density at radius 3 is 2.50 bits per heavy atom. The van der Waals surface area contributed by atoms with Crippen molar-refractivity contribution in [2.75, 3.05) is 13.1 Å². The predicted octanol–water partition coefficient (Wildman–Crippen LogP) is 1.95. The van der Waals surface area contributed by atoms with Gasteiger partial charge in [0.05, 0.1) is 5.56 Å². The third-order valence-corrected chi connectivity index (χ3v) is 2.66. The lowest BCUT2D eigenvalue weighted by Gasteiger charge is -2.18. The van der Waals surface area contributed by atoms with Crippen molar-refractivity contribution in [2.24, 2.45) is 5.73 Å². The highest BCUT2D eigenvalue weighted by molar-refractivity contribution is 5.95. The Balaban J connectivity index is 2.97. The first-order chi connectivity index (χ1) is 7.60. The lowest BCUT2D eigenvalue weighted by molar-refractivity contribution is 0.291. The van der Waals surface area contributed by atoms with E-state index in [2.05, 4.69) is 4.90 Å². The molecular weight excluding hydrogens is 205 g/mol. The molecule has 1 rings (SSSR count). The number of amidine groups is 1. The average molecular weight is 223 g/mol. The Morgan fingerprint density at radius 1 is 1.38 bits per heavy atom. The summed E-state index contributed by atoms with van der Waals surface area (Å²) in [4.78, 5) is 2.11. The number of nitrogen functional groups attached to an aromatic ring is 1. The highest BCUT2D eigenvalue weighted by Gasteiger charge is 2.11. The van der Waals surface area contributed by atoms with Crippen LogP contribution in [-0.2, 0) is 6.54 Å². The summed E-state index contributed by atoms with van der Waals surface area (Å²) in [7, 11) is 0. The number of rotatable bonds is 5. The Morgan fingerprint density at radius 2 is 2.00 bits per heavy atom. The summed E-state index contributed by atoms with van der Waals surface area (Å²) in [5.41, 5.74) is 6.09. The van der Waals surface area contributed by atoms with Crippen LogP contribution in [-0.4, -0.2) is 23.8 Å². The summed E-state index contributed by atoms with van der Waals surface area (Å²) in [6.07, 6.45) is 0. The van der Waals surface area contributed by atoms with Crippen molar-refractivity contribution in [1.82, 2.24) is 4.90 Å². The van der Waals surface area contributed by atoms with E-state index in [1.54, 1.807) is 12.1 Å². The van der Waals surface area contributed by atoms with Gasteiger partial charge in [0.1, 0.15) is 11.7 Å². The number of hydrogen-bond donors (Lipinski definition) is 2. The molecule has 0 unspecified atom stereocenters. The highest BCUT2D eigenvalue weighted by Crippen LogP contribution is 2.14. The minimum Gasteiger partial charge on any atom is -0.384 e. The number of halogens is 1. The molecule has 0 fully saturated rings. The van der Waals surface area contributed by atoms with Crippen LogP contribution in [0.25, 0.3) is 0 Å². The minimum atomic E-state index is -0.373. The van der Waals surface area contributed by atoms with Crippen LogP contribution in [0.1, 0.15) is 25.0 Å². The first kappa shape index (κ1) is 12.6. The molecule has 0 radical (unpaired) electrons. The maximum Gasteiger partial charge on any atom is 0.138 e. The van der Waals surface area contributed by atoms with Gasteiger partial charge in [0.25, 0.3) is 0 Å². The SMILES string of the molecule is CCN(CC)Cc1cccc(C(=N)N)c1F. The molecule has 0 aliphatic heterocycles. The molecule has 1 aromatic rings. The number of hydrogen-bond acceptors (Lipinski definition) is 2. The van der Waals surface area contributed by atoms with Crippen molar-refractivity contribution in [2.45, 2.75) is 20.4 Å². The van der Waals surface area contributed by atoms with Crippen LogP contribution < -0.4 is 5.73 Å². The van der Waals surface area contributed by atoms with E-state index < -0.39 is 0 Å². The molecule has 0 spiro atoms. The zero-order chi connectivity index (χ0) is 12.1. The van der Waals surface area contributed by atoms with E-state index in [1.165, 1.54) is 6.07 Å². The molecule has 0 saturated carbocycles. The molecule has 0 aliphatic rings. The van der Waals surface area contributed by atoms with Crippen molar-refractivity contribution < 1.29 is 4.39 Å². The quantitative estimate of drug-likeness (QED) is 0.592. The summed E-state index contributed by atoms with van der Waals surface area (Å²) < 4.78 is 13.9. The van der Waals surface area contributed by atoms with E-state index in [4.69, 9.17) is 11.1 Å². The maximum atomic E-state index is 13.9. The monoisotopic (exact) mass is 223 g/mol. The van der Waals surface area contributed by atoms with Crippen LogP contribution in [0.5, 0.6) is 0 Å². The van der Waals surface area contributed by atoms with Gasteiger partial charge in [-0.1, -0.05) is 26.0 Å². The van der Waals surface area contributed by atoms with Gasteiger partial charge in [0, 0.05) is 12.1 Å². The Kier molecular flexibility index (Phi) is 4.43. The fourth-order valence-corrected chi connectivity index (χ4v) is 1.60. The smallest absolute Gasteiger partial charge is 0.138 e. The van der Waals surface area contributed by atoms with Gasteiger partial charge in [-0.15, -0.1) is 0 Å². The molecule has 0 bridgehead atoms. The standard InChI is InChI=1S/C12H18FN3/c1-3-16(4-2)8-9-6-5-7-10(11(9)13)12(14)15/h5-7H,3-4,8H2,1-2H3,(H3,14,15). The zero-order valence-corrected chi connectivity index (χ0v) is 9.76. The van der Waals surface area contributed by atoms with Crippen LogP contribution >= 0.6 is 0 Å². The van der Waals surface area contributed by atoms with Gasteiger partial charge in [-0.25, -0.2) is 4.39 Å². The van der Waals surface area contributed by atoms with Gasteiger partial charge < -0.3 is 5.73 Å². The van der Waals surface area contributed by atoms with E-state index in [-0.39, 0.29) is 17.2 Å². The molecule has 3 N–H and O–H groups in total. The van der Waals surface area contributed by atoms with Gasteiger partial charge in [-0.05, 0) is 19.2 Å². The van der Waals surface area contributed by atoms with Crippen molar-refractivity contribution in [3.8, 4) is 0 Å². The Labute approximate surface area is 95.6 Å². The summed E-state index contributed by atoms with van der Waals surface area (Å²) in [5, 5.41) is 7.27. The largest absolute Gasteiger partial charge is 0.384 e. The second-order valence-corrected chi connectivity index (χ2v) is 3.65. The second kappa shape index (κ2) is 5.61. The molecule has 16 heavy (non-hydrogen) atoms. The van der Waals surface area contributed by atoms with Crippen LogP contribution in [0, 0.1) is 11.2 Å². The third-order valence-electron chi connectivity index (χ3n) is 2.66. The third kappa shape index (κ3) is 2.79. The van der Waals surface area contributed by atoms with Crippen LogP contribution in [0.3, 0.4) is 0 Å². The number of nitrogens with one attached hydrogen (secondary N) is 1. The fraction of sp³-hybridized carbons (Fsp3) is 0.417. The number of nitrogens with two attached hydrogens (primary N) is 1. The molecule has 0 aliphatic carbocycles. The first-order valence-electron chi connectivity index (χ1n) is 5.44. The molecule has 0 aromatic heterocycles. The van der Waals surface area contributed by atoms with E-state index in [0.29, 0.717) is 12.1 Å². The van der Waals surface area contributed by atoms with Gasteiger partial charge in [-0.2, -0.15) is 0 Å². The summed E-state index contributed by atoms with van der Waals surface area (Å²) in [6, 6.07) is 5.00. The van der Waals surface area contributed by atoms with Crippen molar-refractivity contribution >= 4 is 5.84 Å². The number of benzene rings is 1. The Bertz CT molecular complexity index is 373. The summed E-state index contributed by atoms with van der Waals surface area (Å²) in [6.45, 7) is 6.38. The molecule has 1 aromatic carbocycles. The summed E-state index contributed by atoms with van der Waals surface area (Å²) >= 11 is 0. The molecule has 3 nitrogen and oxygen atoms in total. The molecule has 4 heteroatoms. The fourth-order valence-electron chi connectivity index (χ4n) is 1.60. The topological polar surface area (TPSA) is 53.1 Å². The zero-order valence-electron chi connectivity index (χ0n) is 9.76. The van der Waals surface area contributed by atoms with Crippen LogP contribution in [0.15, 0.2) is 18.2 Å². The van der Waals surface area contributed by atoms with Crippen LogP contribution in [0.4, 0.5) is 4.39 Å². The van der Waals surface area contributed by atoms with Crippen molar-refractivity contribution in [3.05, 3.63) is 35.1 Å². The number of nitrogens with zero attached hydrogens (tertiary/aromatic N) is 1. The summed E-state index contributed by atoms with van der Waals surface area (Å²) in [5.74, 6) is -0.596. The van der Waals surface area contributed by atoms with E-state index in [9.17, 15) is 4.39 Å². The van der Waals surface area contributed by atoms with E-state index in [0.717, 1.165) is 13.1 Å². The molecule has 88 valence electrons. The average Bonchev–Trinajstić information content (AvgIpc) is 2.27. The minimum absolute atomic E-state index is 0.185. The van der Waals surface area contributed by atoms with Gasteiger partial charge >= 0.3 is 0 Å². The lowest BCUT2D eigenvalue weighted by Crippen LogP contribution is -2.23. The first-order valence-corrected chi connectivity index (χ1v) is 5.44. The van der Waals surface area contributed by atoms with Crippen LogP contribution in [0.2, 0.25) is 0 Å². The van der Waals surface area contributed by atoms with Gasteiger partial charge in [0.2, 0.25) is 0 Å². The molecule has 0 atom stereocenters. The lowest BCUT2D eigenvalue weighted by atomic mass is 10.1. The van der Waals surface area contributed by atoms with Crippen molar-refractivity contribution in [3.63, 3.8) is 0 Å². The van der Waals surface area contributed by atoms with Crippen molar-refractivity contribution in [1.29, 1.82) is 5.41 Å². The van der Waals surface area contributed by atoms with E-state index in [1.807, 2.05) is 13.8 Å². The Hall–Kier alpha value is -1.42. The highest BCUT2D eigenvalue weighted by atomic mass is 19.1. The molecule has 0 saturated heterocycles. The van der Waals surface area contributed by atoms with Gasteiger partial charge in [-0.3, -0.25) is 10.3 Å². The molecular formula is C12H18FN3. The van der Waals surface area contributed by atoms with E-state index >= 15 is 0 Å².